The maximum Gasteiger partial charge on any atom is 0.365 e. The van der Waals surface area contributed by atoms with E-state index in [1.54, 1.807) is 35.7 Å². The summed E-state index contributed by atoms with van der Waals surface area (Å²) in [6.45, 7) is 0. The molecule has 0 saturated heterocycles. The van der Waals surface area contributed by atoms with E-state index in [1.165, 1.54) is 7.11 Å². The van der Waals surface area contributed by atoms with Gasteiger partial charge in [-0.3, -0.25) is 0 Å². The summed E-state index contributed by atoms with van der Waals surface area (Å²) >= 11 is 1.16. The van der Waals surface area contributed by atoms with Gasteiger partial charge in [0.2, 0.25) is 0 Å². The summed E-state index contributed by atoms with van der Waals surface area (Å²) in [5, 5.41) is 5.83. The number of rotatable bonds is 3. The molecule has 0 atom stereocenters. The second-order valence-electron chi connectivity index (χ2n) is 4.84. The molecule has 0 amide bonds. The summed E-state index contributed by atoms with van der Waals surface area (Å²) in [7, 11) is -1.69. The molecule has 2 aromatic rings. The molecule has 2 heterocycles. The smallest absolute Gasteiger partial charge is 0.365 e. The van der Waals surface area contributed by atoms with Gasteiger partial charge in [0.1, 0.15) is 15.3 Å². The Bertz CT molecular complexity index is 914. The van der Waals surface area contributed by atoms with Crippen LogP contribution in [0.25, 0.3) is 0 Å². The number of ether oxygens (including phenoxy) is 1. The Morgan fingerprint density at radius 1 is 1.22 bits per heavy atom. The zero-order chi connectivity index (χ0) is 16.4. The van der Waals surface area contributed by atoms with E-state index in [0.717, 1.165) is 11.3 Å². The van der Waals surface area contributed by atoms with Crippen LogP contribution in [0.15, 0.2) is 45.1 Å². The van der Waals surface area contributed by atoms with E-state index < -0.39 is 15.8 Å². The van der Waals surface area contributed by atoms with E-state index in [1.807, 2.05) is 0 Å². The van der Waals surface area contributed by atoms with E-state index in [0.29, 0.717) is 32.9 Å². The number of benzene rings is 1. The van der Waals surface area contributed by atoms with E-state index in [4.69, 9.17) is 9.57 Å². The zero-order valence-corrected chi connectivity index (χ0v) is 13.8. The van der Waals surface area contributed by atoms with E-state index >= 15 is 0 Å². The number of fused-ring (bicyclic) bond motifs is 1. The summed E-state index contributed by atoms with van der Waals surface area (Å²) < 4.78 is 29.1. The molecular formula is C15H13NO5S2. The first-order valence-electron chi connectivity index (χ1n) is 6.74. The van der Waals surface area contributed by atoms with Crippen LogP contribution in [0.5, 0.6) is 5.75 Å². The summed E-state index contributed by atoms with van der Waals surface area (Å²) in [5.74, 6) is 0.0819. The van der Waals surface area contributed by atoms with E-state index in [-0.39, 0.29) is 5.75 Å². The lowest BCUT2D eigenvalue weighted by Gasteiger charge is -2.01. The molecule has 1 aliphatic rings. The lowest BCUT2D eigenvalue weighted by molar-refractivity contribution is 0.0497. The molecule has 0 bridgehead atoms. The minimum absolute atomic E-state index is 0.0673. The van der Waals surface area contributed by atoms with Crippen LogP contribution in [0.3, 0.4) is 0 Å². The molecule has 1 aromatic carbocycles. The zero-order valence-electron chi connectivity index (χ0n) is 12.2. The van der Waals surface area contributed by atoms with Crippen molar-refractivity contribution in [2.24, 2.45) is 5.16 Å². The van der Waals surface area contributed by atoms with Crippen molar-refractivity contribution in [1.82, 2.24) is 0 Å². The topological polar surface area (TPSA) is 82.0 Å². The Balaban J connectivity index is 1.86. The van der Waals surface area contributed by atoms with Gasteiger partial charge in [0.25, 0.3) is 0 Å². The van der Waals surface area contributed by atoms with Crippen molar-refractivity contribution in [3.05, 3.63) is 52.2 Å². The summed E-state index contributed by atoms with van der Waals surface area (Å²) in [5.41, 5.74) is 0.942. The molecule has 0 radical (unpaired) electrons. The summed E-state index contributed by atoms with van der Waals surface area (Å²) in [6.07, 6.45) is 0.383. The van der Waals surface area contributed by atoms with Crippen LogP contribution in [0.2, 0.25) is 0 Å². The molecule has 0 aliphatic carbocycles. The van der Waals surface area contributed by atoms with Crippen LogP contribution < -0.4 is 10.1 Å². The Hall–Kier alpha value is -2.19. The first-order chi connectivity index (χ1) is 11.0. The summed E-state index contributed by atoms with van der Waals surface area (Å²) in [4.78, 5) is 16.9. The SMILES string of the molecule is COc1ccc(C(=O)O/N=c2\ccsc3c2CCS3(=O)=O)cc1. The molecule has 0 fully saturated rings. The molecule has 0 saturated carbocycles. The number of hydrogen-bond donors (Lipinski definition) is 0. The van der Waals surface area contributed by atoms with Gasteiger partial charge in [-0.2, -0.15) is 0 Å². The van der Waals surface area contributed by atoms with Gasteiger partial charge >= 0.3 is 5.97 Å². The van der Waals surface area contributed by atoms with Crippen LogP contribution >= 0.6 is 11.3 Å². The standard InChI is InChI=1S/C15H13NO5S2/c1-20-11-4-2-10(3-5-11)14(17)21-16-13-6-8-22-15-12(13)7-9-23(15,18)19/h2-6,8H,7,9H2,1H3/b16-13+. The van der Waals surface area contributed by atoms with Crippen LogP contribution in [-0.2, 0) is 21.1 Å². The fraction of sp³-hybridized carbons (Fsp3) is 0.200. The van der Waals surface area contributed by atoms with Crippen molar-refractivity contribution < 1.29 is 22.8 Å². The molecule has 0 spiro atoms. The van der Waals surface area contributed by atoms with Gasteiger partial charge in [0, 0.05) is 5.56 Å². The van der Waals surface area contributed by atoms with Crippen molar-refractivity contribution in [3.8, 4) is 5.75 Å². The molecule has 0 N–H and O–H groups in total. The predicted octanol–water partition coefficient (Wildman–Crippen LogP) is 1.76. The van der Waals surface area contributed by atoms with Gasteiger partial charge in [-0.05, 0) is 42.1 Å². The van der Waals surface area contributed by atoms with Crippen molar-refractivity contribution >= 4 is 27.1 Å². The fourth-order valence-corrected chi connectivity index (χ4v) is 5.13. The molecule has 8 heteroatoms. The fourth-order valence-electron chi connectivity index (χ4n) is 2.21. The average Bonchev–Trinajstić information content (AvgIpc) is 2.88. The highest BCUT2D eigenvalue weighted by Crippen LogP contribution is 2.26. The van der Waals surface area contributed by atoms with Crippen molar-refractivity contribution in [3.63, 3.8) is 0 Å². The van der Waals surface area contributed by atoms with Crippen LogP contribution in [0, 0.1) is 0 Å². The molecular weight excluding hydrogens is 338 g/mol. The molecule has 3 rings (SSSR count). The molecule has 120 valence electrons. The highest BCUT2D eigenvalue weighted by Gasteiger charge is 2.28. The van der Waals surface area contributed by atoms with Crippen molar-refractivity contribution in [2.75, 3.05) is 12.9 Å². The first kappa shape index (κ1) is 15.7. The quantitative estimate of drug-likeness (QED) is 0.622. The third-order valence-corrected chi connectivity index (χ3v) is 6.75. The van der Waals surface area contributed by atoms with Gasteiger partial charge in [0.05, 0.1) is 18.4 Å². The maximum atomic E-state index is 12.0. The Labute approximate surface area is 136 Å². The molecule has 23 heavy (non-hydrogen) atoms. The van der Waals surface area contributed by atoms with Gasteiger partial charge < -0.3 is 9.57 Å². The van der Waals surface area contributed by atoms with Gasteiger partial charge in [0.15, 0.2) is 9.84 Å². The monoisotopic (exact) mass is 351 g/mol. The molecule has 6 nitrogen and oxygen atoms in total. The molecule has 0 unspecified atom stereocenters. The number of hydrogen-bond acceptors (Lipinski definition) is 7. The Morgan fingerprint density at radius 2 is 1.96 bits per heavy atom. The number of carbonyl (C=O) groups is 1. The van der Waals surface area contributed by atoms with Crippen molar-refractivity contribution in [1.29, 1.82) is 0 Å². The predicted molar refractivity (Wildman–Crippen MR) is 84.0 cm³/mol. The number of sulfone groups is 1. The number of carbonyl (C=O) groups excluding carboxylic acids is 1. The largest absolute Gasteiger partial charge is 0.497 e. The average molecular weight is 351 g/mol. The minimum atomic E-state index is -3.22. The normalized spacial score (nSPS) is 16.0. The van der Waals surface area contributed by atoms with Crippen LogP contribution in [-0.4, -0.2) is 27.2 Å². The Morgan fingerprint density at radius 3 is 2.65 bits per heavy atom. The molecule has 1 aliphatic heterocycles. The highest BCUT2D eigenvalue weighted by molar-refractivity contribution is 7.93. The van der Waals surface area contributed by atoms with Gasteiger partial charge in [-0.25, -0.2) is 13.2 Å². The van der Waals surface area contributed by atoms with Crippen LogP contribution in [0.4, 0.5) is 0 Å². The summed E-state index contributed by atoms with van der Waals surface area (Å²) in [6, 6.07) is 8.07. The van der Waals surface area contributed by atoms with Crippen LogP contribution in [0.1, 0.15) is 15.9 Å². The number of methoxy groups -OCH3 is 1. The highest BCUT2D eigenvalue weighted by atomic mass is 32.2. The van der Waals surface area contributed by atoms with Gasteiger partial charge in [-0.1, -0.05) is 5.16 Å². The first-order valence-corrected chi connectivity index (χ1v) is 9.27. The maximum absolute atomic E-state index is 12.0. The lowest BCUT2D eigenvalue weighted by Crippen LogP contribution is -2.11. The number of nitrogens with zero attached hydrogens (tertiary/aromatic N) is 1. The lowest BCUT2D eigenvalue weighted by atomic mass is 10.2. The van der Waals surface area contributed by atoms with E-state index in [2.05, 4.69) is 5.16 Å². The van der Waals surface area contributed by atoms with Crippen molar-refractivity contribution in [2.45, 2.75) is 10.6 Å². The molecule has 1 aromatic heterocycles. The third-order valence-electron chi connectivity index (χ3n) is 3.41. The minimum Gasteiger partial charge on any atom is -0.497 e. The third kappa shape index (κ3) is 3.13. The second kappa shape index (κ2) is 6.13. The van der Waals surface area contributed by atoms with E-state index in [9.17, 15) is 13.2 Å². The van der Waals surface area contributed by atoms with Gasteiger partial charge in [-0.15, -0.1) is 11.3 Å². The Kier molecular flexibility index (Phi) is 4.18. The second-order valence-corrected chi connectivity index (χ2v) is 8.06.